The van der Waals surface area contributed by atoms with E-state index >= 15 is 0 Å². The SMILES string of the molecule is CCCO[N+](=O)OCCC.O=Cc1ccc(O)cc1. The van der Waals surface area contributed by atoms with Gasteiger partial charge in [0.15, 0.2) is 13.2 Å². The number of carbonyl (C=O) groups excluding carboxylic acids is 1. The van der Waals surface area contributed by atoms with E-state index in [9.17, 15) is 9.70 Å². The molecular weight excluding hydrogens is 250 g/mol. The Balaban J connectivity index is 0.000000342. The summed E-state index contributed by atoms with van der Waals surface area (Å²) in [6.07, 6.45) is 2.36. The van der Waals surface area contributed by atoms with Crippen molar-refractivity contribution in [1.82, 2.24) is 0 Å². The number of rotatable bonds is 7. The Bertz CT molecular complexity index is 354. The molecule has 0 bridgehead atoms. The van der Waals surface area contributed by atoms with Gasteiger partial charge in [0.2, 0.25) is 0 Å². The number of phenolic OH excluding ortho intramolecular Hbond substituents is 1. The molecule has 0 saturated heterocycles. The van der Waals surface area contributed by atoms with Gasteiger partial charge in [-0.1, -0.05) is 13.8 Å². The lowest BCUT2D eigenvalue weighted by Crippen LogP contribution is -2.11. The van der Waals surface area contributed by atoms with Gasteiger partial charge >= 0.3 is 5.09 Å². The highest BCUT2D eigenvalue weighted by atomic mass is 17.0. The number of aldehydes is 1. The van der Waals surface area contributed by atoms with Crippen LogP contribution in [0.3, 0.4) is 0 Å². The highest BCUT2D eigenvalue weighted by Crippen LogP contribution is 2.07. The Morgan fingerprint density at radius 2 is 1.58 bits per heavy atom. The summed E-state index contributed by atoms with van der Waals surface area (Å²) >= 11 is 0. The molecule has 0 amide bonds. The lowest BCUT2D eigenvalue weighted by Gasteiger charge is -1.89. The zero-order chi connectivity index (χ0) is 14.5. The molecule has 1 rings (SSSR count). The number of carbonyl (C=O) groups is 1. The van der Waals surface area contributed by atoms with Crippen molar-refractivity contribution in [3.05, 3.63) is 34.7 Å². The van der Waals surface area contributed by atoms with Crippen molar-refractivity contribution in [2.45, 2.75) is 26.7 Å². The Hall–Kier alpha value is -2.11. The molecule has 0 aromatic heterocycles. The molecule has 0 heterocycles. The molecule has 0 saturated carbocycles. The maximum Gasteiger partial charge on any atom is 0.477 e. The summed E-state index contributed by atoms with van der Waals surface area (Å²) in [6, 6.07) is 6.07. The van der Waals surface area contributed by atoms with E-state index < -0.39 is 0 Å². The summed E-state index contributed by atoms with van der Waals surface area (Å²) in [4.78, 5) is 29.6. The van der Waals surface area contributed by atoms with Gasteiger partial charge in [-0.15, -0.1) is 0 Å². The van der Waals surface area contributed by atoms with E-state index in [2.05, 4.69) is 9.68 Å². The first kappa shape index (κ1) is 16.9. The van der Waals surface area contributed by atoms with Crippen LogP contribution in [0, 0.1) is 4.91 Å². The van der Waals surface area contributed by atoms with Crippen LogP contribution in [0.15, 0.2) is 24.3 Å². The van der Waals surface area contributed by atoms with Gasteiger partial charge in [-0.2, -0.15) is 9.68 Å². The second kappa shape index (κ2) is 11.0. The van der Waals surface area contributed by atoms with Crippen molar-refractivity contribution in [2.75, 3.05) is 13.2 Å². The summed E-state index contributed by atoms with van der Waals surface area (Å²) in [5.41, 5.74) is 0.577. The van der Waals surface area contributed by atoms with Crippen molar-refractivity contribution < 1.29 is 24.7 Å². The van der Waals surface area contributed by atoms with E-state index in [1.807, 2.05) is 13.8 Å². The first-order chi connectivity index (χ1) is 9.13. The Kier molecular flexibility index (Phi) is 9.79. The van der Waals surface area contributed by atoms with E-state index in [0.717, 1.165) is 19.1 Å². The highest BCUT2D eigenvalue weighted by molar-refractivity contribution is 5.74. The normalized spacial score (nSPS) is 8.95. The molecule has 1 N–H and O–H groups in total. The molecule has 0 unspecified atom stereocenters. The third-order valence-electron chi connectivity index (χ3n) is 1.83. The van der Waals surface area contributed by atoms with Crippen molar-refractivity contribution in [3.63, 3.8) is 0 Å². The van der Waals surface area contributed by atoms with Crippen molar-refractivity contribution in [2.24, 2.45) is 0 Å². The maximum absolute atomic E-state index is 10.4. The van der Waals surface area contributed by atoms with Crippen LogP contribution in [0.2, 0.25) is 0 Å². The minimum Gasteiger partial charge on any atom is -0.508 e. The Morgan fingerprint density at radius 1 is 1.11 bits per heavy atom. The van der Waals surface area contributed by atoms with Gasteiger partial charge in [-0.05, 0) is 37.1 Å². The number of hydrogen-bond acceptors (Lipinski definition) is 5. The number of benzene rings is 1. The Labute approximate surface area is 112 Å². The second-order valence-electron chi connectivity index (χ2n) is 3.60. The second-order valence-corrected chi connectivity index (χ2v) is 3.60. The quantitative estimate of drug-likeness (QED) is 0.609. The molecule has 0 spiro atoms. The molecule has 0 fully saturated rings. The number of phenols is 1. The fourth-order valence-electron chi connectivity index (χ4n) is 0.922. The van der Waals surface area contributed by atoms with E-state index in [-0.39, 0.29) is 10.8 Å². The summed E-state index contributed by atoms with van der Waals surface area (Å²) in [5, 5.41) is 8.91. The highest BCUT2D eigenvalue weighted by Gasteiger charge is 2.08. The number of hydrogen-bond donors (Lipinski definition) is 1. The van der Waals surface area contributed by atoms with E-state index in [0.29, 0.717) is 18.8 Å². The molecule has 0 radical (unpaired) electrons. The molecule has 1 aromatic rings. The van der Waals surface area contributed by atoms with Crippen LogP contribution in [0.1, 0.15) is 37.0 Å². The third-order valence-corrected chi connectivity index (χ3v) is 1.83. The average Bonchev–Trinajstić information content (AvgIpc) is 2.44. The minimum absolute atomic E-state index is 0.174. The maximum atomic E-state index is 10.4. The minimum atomic E-state index is 0.174. The van der Waals surface area contributed by atoms with E-state index in [1.54, 1.807) is 12.1 Å². The fourth-order valence-corrected chi connectivity index (χ4v) is 0.922. The molecule has 19 heavy (non-hydrogen) atoms. The monoisotopic (exact) mass is 270 g/mol. The van der Waals surface area contributed by atoms with Crippen LogP contribution >= 0.6 is 0 Å². The zero-order valence-corrected chi connectivity index (χ0v) is 11.2. The molecule has 1 aromatic carbocycles. The predicted molar refractivity (Wildman–Crippen MR) is 69.6 cm³/mol. The summed E-state index contributed by atoms with van der Waals surface area (Å²) in [7, 11) is 0. The van der Waals surface area contributed by atoms with Crippen LogP contribution in [-0.2, 0) is 9.68 Å². The van der Waals surface area contributed by atoms with Gasteiger partial charge in [-0.25, -0.2) is 0 Å². The summed E-state index contributed by atoms with van der Waals surface area (Å²) in [5.74, 6) is 0.181. The van der Waals surface area contributed by atoms with Gasteiger partial charge < -0.3 is 5.11 Å². The Morgan fingerprint density at radius 3 is 1.95 bits per heavy atom. The molecule has 6 nitrogen and oxygen atoms in total. The largest absolute Gasteiger partial charge is 0.508 e. The molecule has 0 aliphatic carbocycles. The molecular formula is C13H20NO5+. The number of aromatic hydroxyl groups is 1. The van der Waals surface area contributed by atoms with Gasteiger partial charge in [-0.3, -0.25) is 4.79 Å². The van der Waals surface area contributed by atoms with Crippen molar-refractivity contribution in [1.29, 1.82) is 0 Å². The number of nitrogens with zero attached hydrogens (tertiary/aromatic N) is 1. The van der Waals surface area contributed by atoms with Crippen LogP contribution in [-0.4, -0.2) is 29.7 Å². The molecule has 0 atom stereocenters. The van der Waals surface area contributed by atoms with Crippen LogP contribution in [0.4, 0.5) is 0 Å². The summed E-state index contributed by atoms with van der Waals surface area (Å²) in [6.45, 7) is 4.67. The first-order valence-corrected chi connectivity index (χ1v) is 6.11. The first-order valence-electron chi connectivity index (χ1n) is 6.11. The standard InChI is InChI=1S/C7H6O2.C6H14NO3/c8-5-6-1-3-7(9)4-2-6;1-3-5-9-7(8)10-6-4-2/h1-5,9H;3-6H2,1-2H3/q;+1. The van der Waals surface area contributed by atoms with Crippen LogP contribution in [0.5, 0.6) is 5.75 Å². The molecule has 6 heteroatoms. The molecule has 0 aliphatic heterocycles. The fraction of sp³-hybridized carbons (Fsp3) is 0.462. The third kappa shape index (κ3) is 9.58. The van der Waals surface area contributed by atoms with Gasteiger partial charge in [0.25, 0.3) is 0 Å². The molecule has 106 valence electrons. The van der Waals surface area contributed by atoms with Crippen LogP contribution in [0.25, 0.3) is 0 Å². The van der Waals surface area contributed by atoms with Gasteiger partial charge in [0.1, 0.15) is 16.9 Å². The van der Waals surface area contributed by atoms with Gasteiger partial charge in [0, 0.05) is 5.56 Å². The predicted octanol–water partition coefficient (Wildman–Crippen LogP) is 2.65. The lowest BCUT2D eigenvalue weighted by molar-refractivity contribution is -0.981. The van der Waals surface area contributed by atoms with E-state index in [1.165, 1.54) is 12.1 Å². The van der Waals surface area contributed by atoms with E-state index in [4.69, 9.17) is 5.11 Å². The zero-order valence-electron chi connectivity index (χ0n) is 11.2. The summed E-state index contributed by atoms with van der Waals surface area (Å²) < 4.78 is 0. The van der Waals surface area contributed by atoms with Gasteiger partial charge in [0.05, 0.1) is 0 Å². The molecule has 0 aliphatic rings. The van der Waals surface area contributed by atoms with Crippen molar-refractivity contribution >= 4 is 6.29 Å². The van der Waals surface area contributed by atoms with Crippen LogP contribution < -0.4 is 0 Å². The topological polar surface area (TPSA) is 75.8 Å². The van der Waals surface area contributed by atoms with Crippen molar-refractivity contribution in [3.8, 4) is 5.75 Å². The lowest BCUT2D eigenvalue weighted by atomic mass is 10.2. The smallest absolute Gasteiger partial charge is 0.477 e. The average molecular weight is 270 g/mol.